The second-order valence-electron chi connectivity index (χ2n) is 11.5. The van der Waals surface area contributed by atoms with E-state index in [4.69, 9.17) is 4.52 Å². The van der Waals surface area contributed by atoms with E-state index in [1.807, 2.05) is 0 Å². The van der Waals surface area contributed by atoms with Gasteiger partial charge in [0.2, 0.25) is 0 Å². The highest BCUT2D eigenvalue weighted by Gasteiger charge is 2.29. The van der Waals surface area contributed by atoms with Crippen molar-refractivity contribution in [3.05, 3.63) is 12.2 Å². The highest BCUT2D eigenvalue weighted by Crippen LogP contribution is 2.39. The lowest BCUT2D eigenvalue weighted by atomic mass is 10.0. The molecule has 0 aromatic rings. The van der Waals surface area contributed by atoms with Gasteiger partial charge in [0.05, 0.1) is 20.1 Å². The molecular weight excluding hydrogens is 481 g/mol. The van der Waals surface area contributed by atoms with Crippen LogP contribution in [0.1, 0.15) is 156 Å². The zero-order valence-corrected chi connectivity index (χ0v) is 26.2. The van der Waals surface area contributed by atoms with Crippen LogP contribution in [-0.4, -0.2) is 47.1 Å². The second kappa shape index (κ2) is 24.8. The molecule has 1 unspecified atom stereocenters. The third-order valence-electron chi connectivity index (χ3n) is 8.00. The van der Waals surface area contributed by atoms with Crippen molar-refractivity contribution >= 4 is 7.82 Å². The Hall–Kier alpha value is -0.190. The summed E-state index contributed by atoms with van der Waals surface area (Å²) in [5, 5.41) is 0. The van der Waals surface area contributed by atoms with E-state index in [1.165, 1.54) is 116 Å². The first-order valence-electron chi connectivity index (χ1n) is 16.0. The van der Waals surface area contributed by atoms with Crippen molar-refractivity contribution in [3.63, 3.8) is 0 Å². The van der Waals surface area contributed by atoms with Gasteiger partial charge < -0.3 is 14.3 Å². The Balaban J connectivity index is 3.57. The molecule has 0 spiro atoms. The summed E-state index contributed by atoms with van der Waals surface area (Å²) in [6.45, 7) is 9.06. The van der Waals surface area contributed by atoms with Gasteiger partial charge in [0.15, 0.2) is 0 Å². The minimum absolute atomic E-state index is 0.369. The molecule has 222 valence electrons. The summed E-state index contributed by atoms with van der Waals surface area (Å²) in [5.41, 5.74) is 0. The highest BCUT2D eigenvalue weighted by molar-refractivity contribution is 7.46. The van der Waals surface area contributed by atoms with Crippen molar-refractivity contribution in [1.82, 2.24) is 0 Å². The fourth-order valence-corrected chi connectivity index (χ4v) is 5.59. The molecule has 0 aliphatic rings. The van der Waals surface area contributed by atoms with E-state index < -0.39 is 7.82 Å². The van der Waals surface area contributed by atoms with Crippen LogP contribution in [-0.2, 0) is 9.09 Å². The monoisotopic (exact) mass is 546 g/mol. The molecule has 0 aliphatic heterocycles. The minimum atomic E-state index is -4.44. The molecule has 0 fully saturated rings. The summed E-state index contributed by atoms with van der Waals surface area (Å²) >= 11 is 0. The first kappa shape index (κ1) is 36.8. The smallest absolute Gasteiger partial charge is 0.324 e. The van der Waals surface area contributed by atoms with Crippen LogP contribution in [0.25, 0.3) is 0 Å². The van der Waals surface area contributed by atoms with Crippen LogP contribution < -0.4 is 0 Å². The van der Waals surface area contributed by atoms with Crippen molar-refractivity contribution in [1.29, 1.82) is 0 Å². The predicted molar refractivity (Wildman–Crippen MR) is 161 cm³/mol. The maximum Gasteiger partial charge on any atom is 0.470 e. The molecule has 37 heavy (non-hydrogen) atoms. The number of hydrogen-bond donors (Lipinski definition) is 2. The molecule has 0 aromatic heterocycles. The Morgan fingerprint density at radius 3 is 1.41 bits per heavy atom. The summed E-state index contributed by atoms with van der Waals surface area (Å²) in [6, 6.07) is 0. The number of likely N-dealkylation sites (N-methyl/N-ethyl adjacent to an activating group) is 1. The van der Waals surface area contributed by atoms with Crippen LogP contribution in [0.15, 0.2) is 12.2 Å². The molecule has 0 radical (unpaired) electrons. The van der Waals surface area contributed by atoms with Crippen LogP contribution in [0, 0.1) is 0 Å². The summed E-state index contributed by atoms with van der Waals surface area (Å²) in [5.74, 6) is 0. The van der Waals surface area contributed by atoms with Crippen LogP contribution in [0.4, 0.5) is 0 Å². The summed E-state index contributed by atoms with van der Waals surface area (Å²) in [4.78, 5) is 18.6. The van der Waals surface area contributed by atoms with Crippen molar-refractivity contribution in [2.24, 2.45) is 0 Å². The molecule has 2 N–H and O–H groups in total. The molecule has 5 nitrogen and oxygen atoms in total. The van der Waals surface area contributed by atoms with Crippen LogP contribution in [0.5, 0.6) is 0 Å². The summed E-state index contributed by atoms with van der Waals surface area (Å²) in [6.07, 6.45) is 31.5. The molecule has 0 aliphatic carbocycles. The van der Waals surface area contributed by atoms with Crippen molar-refractivity contribution < 1.29 is 23.4 Å². The number of rotatable bonds is 28. The lowest BCUT2D eigenvalue weighted by Crippen LogP contribution is -2.48. The Morgan fingerprint density at radius 1 is 0.649 bits per heavy atom. The lowest BCUT2D eigenvalue weighted by molar-refractivity contribution is -0.908. The fourth-order valence-electron chi connectivity index (χ4n) is 5.03. The molecule has 0 aromatic carbocycles. The minimum Gasteiger partial charge on any atom is -0.324 e. The fraction of sp³-hybridized carbons (Fsp3) is 0.935. The van der Waals surface area contributed by atoms with E-state index in [0.717, 1.165) is 36.8 Å². The molecule has 0 bridgehead atoms. The zero-order valence-electron chi connectivity index (χ0n) is 25.3. The number of allylic oxidation sites excluding steroid dienone is 2. The van der Waals surface area contributed by atoms with Crippen molar-refractivity contribution in [2.75, 3.05) is 26.7 Å². The number of nitrogens with zero attached hydrogens (tertiary/aromatic N) is 1. The predicted octanol–water partition coefficient (Wildman–Crippen LogP) is 9.72. The number of hydrogen-bond acceptors (Lipinski definition) is 2. The zero-order chi connectivity index (χ0) is 27.7. The maximum atomic E-state index is 11.4. The second-order valence-corrected chi connectivity index (χ2v) is 12.7. The number of phosphoric ester groups is 1. The van der Waals surface area contributed by atoms with Crippen LogP contribution >= 0.6 is 7.82 Å². The Kier molecular flexibility index (Phi) is 24.7. The Labute approximate surface area is 231 Å². The van der Waals surface area contributed by atoms with E-state index in [0.29, 0.717) is 6.54 Å². The van der Waals surface area contributed by atoms with Gasteiger partial charge in [-0.1, -0.05) is 122 Å². The number of phosphoric acid groups is 1. The van der Waals surface area contributed by atoms with Crippen molar-refractivity contribution in [3.8, 4) is 0 Å². The molecule has 1 atom stereocenters. The van der Waals surface area contributed by atoms with E-state index >= 15 is 0 Å². The molecule has 0 amide bonds. The van der Waals surface area contributed by atoms with Gasteiger partial charge in [-0.2, -0.15) is 0 Å². The van der Waals surface area contributed by atoms with Gasteiger partial charge in [-0.05, 0) is 46.0 Å². The highest BCUT2D eigenvalue weighted by atomic mass is 31.2. The SMILES string of the molecule is CCCCCCCCC=CCCCCCCCCCCCCCCC(C[N+](C)(CC)CC)OP(=O)(O)O. The van der Waals surface area contributed by atoms with E-state index in [1.54, 1.807) is 0 Å². The quantitative estimate of drug-likeness (QED) is 0.0443. The van der Waals surface area contributed by atoms with Crippen LogP contribution in [0.3, 0.4) is 0 Å². The van der Waals surface area contributed by atoms with E-state index in [9.17, 15) is 14.4 Å². The largest absolute Gasteiger partial charge is 0.470 e. The average Bonchev–Trinajstić information content (AvgIpc) is 2.86. The van der Waals surface area contributed by atoms with Gasteiger partial charge in [0.25, 0.3) is 0 Å². The van der Waals surface area contributed by atoms with Gasteiger partial charge in [0.1, 0.15) is 12.6 Å². The molecule has 6 heteroatoms. The molecule has 0 saturated carbocycles. The van der Waals surface area contributed by atoms with Gasteiger partial charge in [-0.3, -0.25) is 4.52 Å². The van der Waals surface area contributed by atoms with Gasteiger partial charge in [0, 0.05) is 0 Å². The topological polar surface area (TPSA) is 66.8 Å². The lowest BCUT2D eigenvalue weighted by Gasteiger charge is -2.35. The van der Waals surface area contributed by atoms with E-state index in [2.05, 4.69) is 40.0 Å². The first-order chi connectivity index (χ1) is 17.8. The molecule has 0 rings (SSSR count). The molecule has 0 heterocycles. The van der Waals surface area contributed by atoms with Gasteiger partial charge in [-0.15, -0.1) is 0 Å². The van der Waals surface area contributed by atoms with Crippen LogP contribution in [0.2, 0.25) is 0 Å². The van der Waals surface area contributed by atoms with Crippen molar-refractivity contribution in [2.45, 2.75) is 162 Å². The summed E-state index contributed by atoms with van der Waals surface area (Å²) in [7, 11) is -2.31. The van der Waals surface area contributed by atoms with Gasteiger partial charge in [-0.25, -0.2) is 4.57 Å². The number of quaternary nitrogens is 1. The maximum absolute atomic E-state index is 11.4. The number of unbranched alkanes of at least 4 members (excludes halogenated alkanes) is 18. The standard InChI is InChI=1S/C31H64NO4P/c1-5-8-9-10-11-12-13-14-15-16-17-18-19-20-21-22-23-24-25-26-27-28-29-31(36-37(33,34)35)30-32(4,6-2)7-3/h14-15,31H,5-13,16-30H2,1-4H3,(H-,33,34,35)/p+1. The summed E-state index contributed by atoms with van der Waals surface area (Å²) < 4.78 is 17.3. The average molecular weight is 547 g/mol. The normalized spacial score (nSPS) is 13.6. The Morgan fingerprint density at radius 2 is 1.03 bits per heavy atom. The molecule has 0 saturated heterocycles. The van der Waals surface area contributed by atoms with E-state index in [-0.39, 0.29) is 6.10 Å². The third kappa shape index (κ3) is 25.8. The first-order valence-corrected chi connectivity index (χ1v) is 17.5. The van der Waals surface area contributed by atoms with Gasteiger partial charge >= 0.3 is 7.82 Å². The third-order valence-corrected chi connectivity index (χ3v) is 8.57. The molecular formula is C31H65NO4P+. The Bertz CT molecular complexity index is 559.